The van der Waals surface area contributed by atoms with E-state index in [1.54, 1.807) is 23.9 Å². The smallest absolute Gasteiger partial charge is 0.129 e. The van der Waals surface area contributed by atoms with Crippen molar-refractivity contribution in [2.75, 3.05) is 19.3 Å². The third-order valence-corrected chi connectivity index (χ3v) is 6.94. The molecule has 1 unspecified atom stereocenters. The molecule has 0 bridgehead atoms. The summed E-state index contributed by atoms with van der Waals surface area (Å²) < 4.78 is 14.5. The van der Waals surface area contributed by atoms with Crippen LogP contribution in [-0.4, -0.2) is 29.1 Å². The molecular weight excluding hydrogens is 415 g/mol. The van der Waals surface area contributed by atoms with Crippen LogP contribution in [0.4, 0.5) is 4.39 Å². The molecule has 0 spiro atoms. The molecule has 1 fully saturated rings. The molecule has 3 aromatic carbocycles. The Kier molecular flexibility index (Phi) is 6.79. The summed E-state index contributed by atoms with van der Waals surface area (Å²) in [6.45, 7) is 5.30. The van der Waals surface area contributed by atoms with Crippen molar-refractivity contribution in [1.82, 2.24) is 9.80 Å². The first-order chi connectivity index (χ1) is 14.6. The monoisotopic (exact) mass is 440 g/mol. The minimum Gasteiger partial charge on any atom is -0.278 e. The van der Waals surface area contributed by atoms with E-state index in [0.29, 0.717) is 17.1 Å². The topological polar surface area (TPSA) is 6.48 Å². The van der Waals surface area contributed by atoms with Crippen molar-refractivity contribution in [2.24, 2.45) is 0 Å². The van der Waals surface area contributed by atoms with Crippen molar-refractivity contribution in [2.45, 2.75) is 31.1 Å². The van der Waals surface area contributed by atoms with Gasteiger partial charge in [-0.3, -0.25) is 9.80 Å². The highest BCUT2D eigenvalue weighted by Gasteiger charge is 2.34. The molecule has 1 saturated heterocycles. The molecule has 0 N–H and O–H groups in total. The molecule has 1 aliphatic rings. The lowest BCUT2D eigenvalue weighted by atomic mass is 10.1. The Labute approximate surface area is 187 Å². The van der Waals surface area contributed by atoms with Crippen LogP contribution in [0.1, 0.15) is 28.4 Å². The second-order valence-electron chi connectivity index (χ2n) is 7.71. The standard InChI is InChI=1S/C25H26ClFN2S/c1-18-6-3-4-7-20(18)16-28-14-15-29(17-22-23(26)8-5-9-24(22)27)25(28)19-10-12-21(30-2)13-11-19/h3-13,25H,14-17H2,1-2H3. The van der Waals surface area contributed by atoms with Gasteiger partial charge >= 0.3 is 0 Å². The van der Waals surface area contributed by atoms with Gasteiger partial charge in [0.05, 0.1) is 6.17 Å². The zero-order valence-electron chi connectivity index (χ0n) is 17.3. The zero-order valence-corrected chi connectivity index (χ0v) is 18.9. The maximum atomic E-state index is 14.5. The van der Waals surface area contributed by atoms with Crippen molar-refractivity contribution in [3.8, 4) is 0 Å². The Bertz CT molecular complexity index is 988. The Morgan fingerprint density at radius 3 is 2.30 bits per heavy atom. The highest BCUT2D eigenvalue weighted by molar-refractivity contribution is 7.98. The average Bonchev–Trinajstić information content (AvgIpc) is 3.14. The van der Waals surface area contributed by atoms with Gasteiger partial charge in [0.1, 0.15) is 5.82 Å². The summed E-state index contributed by atoms with van der Waals surface area (Å²) in [7, 11) is 0. The van der Waals surface area contributed by atoms with Gasteiger partial charge in [0, 0.05) is 41.7 Å². The van der Waals surface area contributed by atoms with Gasteiger partial charge in [-0.15, -0.1) is 11.8 Å². The zero-order chi connectivity index (χ0) is 21.1. The highest BCUT2D eigenvalue weighted by Crippen LogP contribution is 2.35. The van der Waals surface area contributed by atoms with Gasteiger partial charge in [0.25, 0.3) is 0 Å². The molecule has 1 heterocycles. The van der Waals surface area contributed by atoms with Crippen LogP contribution in [0.25, 0.3) is 0 Å². The van der Waals surface area contributed by atoms with Crippen molar-refractivity contribution in [1.29, 1.82) is 0 Å². The minimum atomic E-state index is -0.240. The van der Waals surface area contributed by atoms with Crippen LogP contribution >= 0.6 is 23.4 Å². The maximum Gasteiger partial charge on any atom is 0.129 e. The molecule has 0 saturated carbocycles. The summed E-state index contributed by atoms with van der Waals surface area (Å²) in [6, 6.07) is 22.2. The van der Waals surface area contributed by atoms with Crippen LogP contribution in [0.2, 0.25) is 5.02 Å². The molecule has 0 aliphatic carbocycles. The fourth-order valence-corrected chi connectivity index (χ4v) is 4.78. The van der Waals surface area contributed by atoms with Crippen LogP contribution < -0.4 is 0 Å². The van der Waals surface area contributed by atoms with E-state index >= 15 is 0 Å². The van der Waals surface area contributed by atoms with E-state index in [1.165, 1.54) is 27.7 Å². The SMILES string of the molecule is CSc1ccc(C2N(Cc3ccccc3C)CCN2Cc2c(F)cccc2Cl)cc1. The first kappa shape index (κ1) is 21.4. The van der Waals surface area contributed by atoms with Gasteiger partial charge in [-0.25, -0.2) is 4.39 Å². The van der Waals surface area contributed by atoms with E-state index in [4.69, 9.17) is 11.6 Å². The minimum absolute atomic E-state index is 0.0798. The molecule has 0 aromatic heterocycles. The second-order valence-corrected chi connectivity index (χ2v) is 9.00. The van der Waals surface area contributed by atoms with Gasteiger partial charge in [0.15, 0.2) is 0 Å². The normalized spacial score (nSPS) is 17.5. The molecule has 156 valence electrons. The van der Waals surface area contributed by atoms with Crippen LogP contribution in [0.5, 0.6) is 0 Å². The van der Waals surface area contributed by atoms with Crippen LogP contribution in [-0.2, 0) is 13.1 Å². The molecule has 4 rings (SSSR count). The highest BCUT2D eigenvalue weighted by atomic mass is 35.5. The first-order valence-electron chi connectivity index (χ1n) is 10.2. The van der Waals surface area contributed by atoms with E-state index in [1.807, 2.05) is 0 Å². The number of nitrogens with zero attached hydrogens (tertiary/aromatic N) is 2. The first-order valence-corrected chi connectivity index (χ1v) is 11.8. The quantitative estimate of drug-likeness (QED) is 0.402. The predicted molar refractivity (Wildman–Crippen MR) is 124 cm³/mol. The second kappa shape index (κ2) is 9.52. The third-order valence-electron chi connectivity index (χ3n) is 5.84. The van der Waals surface area contributed by atoms with Gasteiger partial charge in [-0.1, -0.05) is 54.1 Å². The Hall–Kier alpha value is -1.85. The number of aryl methyl sites for hydroxylation is 1. The van der Waals surface area contributed by atoms with E-state index in [2.05, 4.69) is 71.5 Å². The number of rotatable bonds is 6. The lowest BCUT2D eigenvalue weighted by Crippen LogP contribution is -2.31. The fraction of sp³-hybridized carbons (Fsp3) is 0.280. The Morgan fingerprint density at radius 1 is 0.933 bits per heavy atom. The van der Waals surface area contributed by atoms with E-state index in [-0.39, 0.29) is 12.0 Å². The number of halogens is 2. The van der Waals surface area contributed by atoms with E-state index in [9.17, 15) is 4.39 Å². The van der Waals surface area contributed by atoms with Gasteiger partial charge in [-0.2, -0.15) is 0 Å². The summed E-state index contributed by atoms with van der Waals surface area (Å²) in [5.41, 5.74) is 4.42. The number of hydrogen-bond acceptors (Lipinski definition) is 3. The number of benzene rings is 3. The maximum absolute atomic E-state index is 14.5. The van der Waals surface area contributed by atoms with E-state index < -0.39 is 0 Å². The molecule has 1 atom stereocenters. The van der Waals surface area contributed by atoms with Crippen LogP contribution in [0, 0.1) is 12.7 Å². The molecule has 0 radical (unpaired) electrons. The lowest BCUT2D eigenvalue weighted by molar-refractivity contribution is 0.124. The van der Waals surface area contributed by atoms with Crippen LogP contribution in [0.15, 0.2) is 71.6 Å². The van der Waals surface area contributed by atoms with Crippen molar-refractivity contribution < 1.29 is 4.39 Å². The molecule has 5 heteroatoms. The predicted octanol–water partition coefficient (Wildman–Crippen LogP) is 6.53. The average molecular weight is 441 g/mol. The summed E-state index contributed by atoms with van der Waals surface area (Å²) in [5.74, 6) is -0.240. The van der Waals surface area contributed by atoms with Crippen molar-refractivity contribution >= 4 is 23.4 Å². The van der Waals surface area contributed by atoms with Gasteiger partial charge < -0.3 is 0 Å². The fourth-order valence-electron chi connectivity index (χ4n) is 4.15. The van der Waals surface area contributed by atoms with Crippen molar-refractivity contribution in [3.05, 3.63) is 99.8 Å². The number of thioether (sulfide) groups is 1. The number of hydrogen-bond donors (Lipinski definition) is 0. The van der Waals surface area contributed by atoms with Gasteiger partial charge in [0.2, 0.25) is 0 Å². The summed E-state index contributed by atoms with van der Waals surface area (Å²) in [4.78, 5) is 6.05. The lowest BCUT2D eigenvalue weighted by Gasteiger charge is -2.31. The van der Waals surface area contributed by atoms with Crippen LogP contribution in [0.3, 0.4) is 0 Å². The molecule has 1 aliphatic heterocycles. The summed E-state index contributed by atoms with van der Waals surface area (Å²) in [5, 5.41) is 0.490. The summed E-state index contributed by atoms with van der Waals surface area (Å²) >= 11 is 8.08. The largest absolute Gasteiger partial charge is 0.278 e. The third kappa shape index (κ3) is 4.57. The molecule has 0 amide bonds. The Balaban J connectivity index is 1.66. The Morgan fingerprint density at radius 2 is 1.63 bits per heavy atom. The van der Waals surface area contributed by atoms with Gasteiger partial charge in [-0.05, 0) is 54.1 Å². The molecule has 2 nitrogen and oxygen atoms in total. The molecule has 30 heavy (non-hydrogen) atoms. The molecule has 3 aromatic rings. The summed E-state index contributed by atoms with van der Waals surface area (Å²) in [6.07, 6.45) is 2.16. The van der Waals surface area contributed by atoms with Crippen molar-refractivity contribution in [3.63, 3.8) is 0 Å². The van der Waals surface area contributed by atoms with E-state index in [0.717, 1.165) is 19.6 Å². The molecular formula is C25H26ClFN2S.